The van der Waals surface area contributed by atoms with Crippen molar-refractivity contribution in [2.45, 2.75) is 45.3 Å². The molecule has 194 valence electrons. The second-order valence-electron chi connectivity index (χ2n) is 9.68. The highest BCUT2D eigenvalue weighted by atomic mass is 19.1. The van der Waals surface area contributed by atoms with Crippen LogP contribution in [0.2, 0.25) is 0 Å². The second kappa shape index (κ2) is 9.53. The Morgan fingerprint density at radius 1 is 1.18 bits per heavy atom. The SMILES string of the molecule is CCn1ccc(Nc2nc(N)nc(-c3cccc(N4CCc5cc(C6CC6)cc(F)c5C4=O)c3CO)n2)c1. The molecule has 1 saturated carbocycles. The van der Waals surface area contributed by atoms with Crippen LogP contribution < -0.4 is 16.0 Å². The van der Waals surface area contributed by atoms with Gasteiger partial charge >= 0.3 is 0 Å². The Hall–Kier alpha value is -4.31. The van der Waals surface area contributed by atoms with Gasteiger partial charge in [-0.05, 0) is 61.4 Å². The van der Waals surface area contributed by atoms with Crippen molar-refractivity contribution in [3.05, 3.63) is 76.9 Å². The van der Waals surface area contributed by atoms with Crippen LogP contribution in [-0.2, 0) is 19.6 Å². The molecule has 0 atom stereocenters. The quantitative estimate of drug-likeness (QED) is 0.335. The van der Waals surface area contributed by atoms with Crippen LogP contribution in [0.1, 0.15) is 52.7 Å². The lowest BCUT2D eigenvalue weighted by Gasteiger charge is -2.31. The molecule has 1 aliphatic carbocycles. The van der Waals surface area contributed by atoms with Crippen LogP contribution in [0.15, 0.2) is 48.8 Å². The third-order valence-electron chi connectivity index (χ3n) is 7.17. The van der Waals surface area contributed by atoms with Gasteiger partial charge in [0, 0.05) is 36.6 Å². The molecule has 0 radical (unpaired) electrons. The van der Waals surface area contributed by atoms with E-state index in [2.05, 4.69) is 20.3 Å². The lowest BCUT2D eigenvalue weighted by Crippen LogP contribution is -2.39. The second-order valence-corrected chi connectivity index (χ2v) is 9.68. The Balaban J connectivity index is 1.35. The lowest BCUT2D eigenvalue weighted by molar-refractivity contribution is 0.0976. The van der Waals surface area contributed by atoms with Crippen LogP contribution in [0.4, 0.5) is 27.7 Å². The Labute approximate surface area is 219 Å². The smallest absolute Gasteiger partial charge is 0.261 e. The molecule has 10 heteroatoms. The van der Waals surface area contributed by atoms with E-state index in [1.165, 1.54) is 11.0 Å². The van der Waals surface area contributed by atoms with Crippen molar-refractivity contribution in [2.24, 2.45) is 0 Å². The molecule has 0 bridgehead atoms. The summed E-state index contributed by atoms with van der Waals surface area (Å²) < 4.78 is 17.1. The molecule has 0 saturated heterocycles. The Morgan fingerprint density at radius 3 is 2.76 bits per heavy atom. The fraction of sp³-hybridized carbons (Fsp3) is 0.286. The van der Waals surface area contributed by atoms with Gasteiger partial charge in [-0.1, -0.05) is 18.2 Å². The summed E-state index contributed by atoms with van der Waals surface area (Å²) in [6.45, 7) is 2.86. The number of amides is 1. The average Bonchev–Trinajstić information content (AvgIpc) is 3.67. The average molecular weight is 514 g/mol. The molecule has 2 aromatic carbocycles. The molecule has 1 fully saturated rings. The molecule has 2 aliphatic rings. The molecule has 6 rings (SSSR count). The number of benzene rings is 2. The first kappa shape index (κ1) is 24.1. The zero-order valence-corrected chi connectivity index (χ0v) is 21.0. The van der Waals surface area contributed by atoms with E-state index in [1.54, 1.807) is 18.2 Å². The summed E-state index contributed by atoms with van der Waals surface area (Å²) in [5, 5.41) is 13.5. The monoisotopic (exact) mass is 513 g/mol. The summed E-state index contributed by atoms with van der Waals surface area (Å²) in [6, 6.07) is 10.6. The number of anilines is 4. The maximum atomic E-state index is 15.1. The van der Waals surface area contributed by atoms with Crippen LogP contribution >= 0.6 is 0 Å². The summed E-state index contributed by atoms with van der Waals surface area (Å²) in [7, 11) is 0. The number of aromatic nitrogens is 4. The topological polar surface area (TPSA) is 122 Å². The molecule has 38 heavy (non-hydrogen) atoms. The van der Waals surface area contributed by atoms with Gasteiger partial charge in [-0.3, -0.25) is 4.79 Å². The predicted octanol–water partition coefficient (Wildman–Crippen LogP) is 4.40. The van der Waals surface area contributed by atoms with E-state index in [9.17, 15) is 9.90 Å². The van der Waals surface area contributed by atoms with Crippen LogP contribution in [0.3, 0.4) is 0 Å². The number of nitrogens with zero attached hydrogens (tertiary/aromatic N) is 5. The number of carbonyl (C=O) groups excluding carboxylic acids is 1. The normalized spacial score (nSPS) is 15.0. The Bertz CT molecular complexity index is 1550. The molecule has 1 aliphatic heterocycles. The highest BCUT2D eigenvalue weighted by Crippen LogP contribution is 2.42. The molecule has 2 aromatic heterocycles. The molecule has 4 N–H and O–H groups in total. The van der Waals surface area contributed by atoms with E-state index in [0.29, 0.717) is 35.7 Å². The number of halogens is 1. The van der Waals surface area contributed by atoms with Gasteiger partial charge in [0.15, 0.2) is 5.82 Å². The van der Waals surface area contributed by atoms with Gasteiger partial charge in [-0.2, -0.15) is 15.0 Å². The minimum Gasteiger partial charge on any atom is -0.392 e. The van der Waals surface area contributed by atoms with Gasteiger partial charge in [0.25, 0.3) is 5.91 Å². The van der Waals surface area contributed by atoms with E-state index < -0.39 is 11.7 Å². The van der Waals surface area contributed by atoms with E-state index in [1.807, 2.05) is 36.0 Å². The lowest BCUT2D eigenvalue weighted by atomic mass is 9.93. The standard InChI is InChI=1S/C28H28FN7O2/c1-2-35-10-9-19(14-35)31-28-33-25(32-27(30)34-28)20-4-3-5-23(21(20)15-37)36-11-8-17-12-18(16-6-7-16)13-22(29)24(17)26(36)38/h3-5,9-10,12-14,16,37H,2,6-8,11,15H2,1H3,(H3,30,31,32,33,34). The maximum absolute atomic E-state index is 15.1. The largest absolute Gasteiger partial charge is 0.392 e. The highest BCUT2D eigenvalue weighted by molar-refractivity contribution is 6.09. The van der Waals surface area contributed by atoms with Gasteiger partial charge in [-0.25, -0.2) is 4.39 Å². The summed E-state index contributed by atoms with van der Waals surface area (Å²) >= 11 is 0. The van der Waals surface area contributed by atoms with Crippen molar-refractivity contribution >= 4 is 29.2 Å². The summed E-state index contributed by atoms with van der Waals surface area (Å²) in [6.07, 6.45) is 6.51. The van der Waals surface area contributed by atoms with E-state index in [4.69, 9.17) is 5.73 Å². The van der Waals surface area contributed by atoms with E-state index in [0.717, 1.165) is 36.2 Å². The van der Waals surface area contributed by atoms with Crippen LogP contribution in [-0.4, -0.2) is 37.1 Å². The van der Waals surface area contributed by atoms with Gasteiger partial charge in [0.2, 0.25) is 11.9 Å². The highest BCUT2D eigenvalue weighted by Gasteiger charge is 2.33. The molecular weight excluding hydrogens is 485 g/mol. The van der Waals surface area contributed by atoms with Crippen molar-refractivity contribution in [1.29, 1.82) is 0 Å². The maximum Gasteiger partial charge on any atom is 0.261 e. The molecule has 3 heterocycles. The minimum absolute atomic E-state index is 0.0123. The van der Waals surface area contributed by atoms with Gasteiger partial charge < -0.3 is 25.6 Å². The van der Waals surface area contributed by atoms with Crippen LogP contribution in [0, 0.1) is 5.82 Å². The van der Waals surface area contributed by atoms with E-state index in [-0.39, 0.29) is 29.9 Å². The Kier molecular flexibility index (Phi) is 6.03. The van der Waals surface area contributed by atoms with Crippen LogP contribution in [0.25, 0.3) is 11.4 Å². The molecular formula is C28H28FN7O2. The van der Waals surface area contributed by atoms with Gasteiger partial charge in [0.1, 0.15) is 5.82 Å². The fourth-order valence-electron chi connectivity index (χ4n) is 5.09. The van der Waals surface area contributed by atoms with Crippen molar-refractivity contribution in [2.75, 3.05) is 22.5 Å². The number of nitrogens with two attached hydrogens (primary N) is 1. The van der Waals surface area contributed by atoms with Crippen LogP contribution in [0.5, 0.6) is 0 Å². The zero-order chi connectivity index (χ0) is 26.4. The zero-order valence-electron chi connectivity index (χ0n) is 21.0. The molecule has 0 spiro atoms. The number of hydrogen-bond donors (Lipinski definition) is 3. The first-order valence-electron chi connectivity index (χ1n) is 12.8. The number of rotatable bonds is 7. The third kappa shape index (κ3) is 4.37. The summed E-state index contributed by atoms with van der Waals surface area (Å²) in [5.74, 6) is 0.0187. The number of nitrogens with one attached hydrogen (secondary N) is 1. The Morgan fingerprint density at radius 2 is 2.03 bits per heavy atom. The number of fused-ring (bicyclic) bond motifs is 1. The fourth-order valence-corrected chi connectivity index (χ4v) is 5.09. The van der Waals surface area contributed by atoms with Crippen molar-refractivity contribution in [1.82, 2.24) is 19.5 Å². The van der Waals surface area contributed by atoms with E-state index >= 15 is 4.39 Å². The number of carbonyl (C=O) groups is 1. The molecule has 9 nitrogen and oxygen atoms in total. The molecule has 0 unspecified atom stereocenters. The number of nitrogen functional groups attached to an aromatic ring is 1. The van der Waals surface area contributed by atoms with Crippen molar-refractivity contribution in [3.63, 3.8) is 0 Å². The molecule has 4 aromatic rings. The number of aryl methyl sites for hydroxylation is 1. The number of hydrogen-bond acceptors (Lipinski definition) is 7. The van der Waals surface area contributed by atoms with Crippen molar-refractivity contribution < 1.29 is 14.3 Å². The van der Waals surface area contributed by atoms with Crippen molar-refractivity contribution in [3.8, 4) is 11.4 Å². The van der Waals surface area contributed by atoms with Gasteiger partial charge in [-0.15, -0.1) is 0 Å². The minimum atomic E-state index is -0.487. The first-order valence-corrected chi connectivity index (χ1v) is 12.8. The van der Waals surface area contributed by atoms with Gasteiger partial charge in [0.05, 0.1) is 23.5 Å². The molecule has 1 amide bonds. The predicted molar refractivity (Wildman–Crippen MR) is 143 cm³/mol. The number of aliphatic hydroxyl groups is 1. The number of aliphatic hydroxyl groups excluding tert-OH is 1. The third-order valence-corrected chi connectivity index (χ3v) is 7.17. The summed E-state index contributed by atoms with van der Waals surface area (Å²) in [4.78, 5) is 28.1. The summed E-state index contributed by atoms with van der Waals surface area (Å²) in [5.41, 5.74) is 10.1. The first-order chi connectivity index (χ1) is 18.4.